The van der Waals surface area contributed by atoms with Crippen molar-refractivity contribution in [2.75, 3.05) is 24.7 Å². The SMILES string of the molecule is CCOc1cc(Cc2cnc(N)nc2N)cc(OCC)c1-c1ccc(C)cc1. The van der Waals surface area contributed by atoms with E-state index >= 15 is 0 Å². The first-order valence-corrected chi connectivity index (χ1v) is 9.38. The summed E-state index contributed by atoms with van der Waals surface area (Å²) in [5, 5.41) is 0. The van der Waals surface area contributed by atoms with Gasteiger partial charge in [0.25, 0.3) is 0 Å². The normalized spacial score (nSPS) is 10.7. The number of aromatic nitrogens is 2. The molecule has 0 atom stereocenters. The predicted octanol–water partition coefficient (Wildman–Crippen LogP) is 4.00. The lowest BCUT2D eigenvalue weighted by Crippen LogP contribution is -2.05. The Hall–Kier alpha value is -3.28. The van der Waals surface area contributed by atoms with Gasteiger partial charge in [-0.1, -0.05) is 29.8 Å². The van der Waals surface area contributed by atoms with Gasteiger partial charge in [0, 0.05) is 18.2 Å². The molecule has 0 bridgehead atoms. The summed E-state index contributed by atoms with van der Waals surface area (Å²) >= 11 is 0. The van der Waals surface area contributed by atoms with Gasteiger partial charge in [-0.25, -0.2) is 4.98 Å². The van der Waals surface area contributed by atoms with Crippen molar-refractivity contribution >= 4 is 11.8 Å². The molecule has 0 radical (unpaired) electrons. The molecule has 0 amide bonds. The van der Waals surface area contributed by atoms with Crippen LogP contribution in [0.5, 0.6) is 11.5 Å². The van der Waals surface area contributed by atoms with Gasteiger partial charge in [-0.3, -0.25) is 0 Å². The molecule has 0 aliphatic carbocycles. The van der Waals surface area contributed by atoms with Crippen molar-refractivity contribution in [2.45, 2.75) is 27.2 Å². The predicted molar refractivity (Wildman–Crippen MR) is 113 cm³/mol. The average molecular weight is 378 g/mol. The molecule has 28 heavy (non-hydrogen) atoms. The Balaban J connectivity index is 2.08. The highest BCUT2D eigenvalue weighted by Gasteiger charge is 2.16. The van der Waals surface area contributed by atoms with Crippen LogP contribution < -0.4 is 20.9 Å². The third kappa shape index (κ3) is 4.34. The van der Waals surface area contributed by atoms with Crippen molar-refractivity contribution in [2.24, 2.45) is 0 Å². The van der Waals surface area contributed by atoms with Crippen LogP contribution in [0.15, 0.2) is 42.6 Å². The van der Waals surface area contributed by atoms with Crippen molar-refractivity contribution in [3.63, 3.8) is 0 Å². The van der Waals surface area contributed by atoms with Gasteiger partial charge in [0.05, 0.1) is 18.8 Å². The standard InChI is InChI=1S/C22H26N4O2/c1-4-27-18-11-15(10-17-13-25-22(24)26-21(17)23)12-19(28-5-2)20(18)16-8-6-14(3)7-9-16/h6-9,11-13H,4-5,10H2,1-3H3,(H4,23,24,25,26). The summed E-state index contributed by atoms with van der Waals surface area (Å²) in [6.07, 6.45) is 2.21. The van der Waals surface area contributed by atoms with E-state index in [-0.39, 0.29) is 5.95 Å². The van der Waals surface area contributed by atoms with Gasteiger partial charge in [-0.15, -0.1) is 0 Å². The Morgan fingerprint density at radius 1 is 0.929 bits per heavy atom. The molecule has 0 unspecified atom stereocenters. The number of benzene rings is 2. The fourth-order valence-corrected chi connectivity index (χ4v) is 3.08. The lowest BCUT2D eigenvalue weighted by molar-refractivity contribution is 0.325. The molecule has 3 aromatic rings. The van der Waals surface area contributed by atoms with Crippen molar-refractivity contribution < 1.29 is 9.47 Å². The molecule has 0 aliphatic rings. The molecule has 3 rings (SSSR count). The van der Waals surface area contributed by atoms with E-state index < -0.39 is 0 Å². The highest BCUT2D eigenvalue weighted by Crippen LogP contribution is 2.40. The first-order valence-electron chi connectivity index (χ1n) is 9.38. The maximum atomic E-state index is 6.00. The third-order valence-electron chi connectivity index (χ3n) is 4.38. The molecule has 0 fully saturated rings. The number of rotatable bonds is 7. The van der Waals surface area contributed by atoms with E-state index in [9.17, 15) is 0 Å². The van der Waals surface area contributed by atoms with Crippen LogP contribution in [0.4, 0.5) is 11.8 Å². The first kappa shape index (κ1) is 19.5. The Bertz CT molecular complexity index is 928. The fourth-order valence-electron chi connectivity index (χ4n) is 3.08. The van der Waals surface area contributed by atoms with Crippen LogP contribution in [0, 0.1) is 6.92 Å². The number of nitrogens with two attached hydrogens (primary N) is 2. The van der Waals surface area contributed by atoms with Gasteiger partial charge in [-0.2, -0.15) is 4.98 Å². The van der Waals surface area contributed by atoms with Crippen LogP contribution >= 0.6 is 0 Å². The average Bonchev–Trinajstić information content (AvgIpc) is 2.66. The number of aryl methyl sites for hydroxylation is 1. The monoisotopic (exact) mass is 378 g/mol. The molecule has 0 spiro atoms. The highest BCUT2D eigenvalue weighted by atomic mass is 16.5. The molecular weight excluding hydrogens is 352 g/mol. The molecule has 0 saturated carbocycles. The van der Waals surface area contributed by atoms with Gasteiger partial charge in [0.1, 0.15) is 17.3 Å². The molecule has 146 valence electrons. The molecule has 0 aliphatic heterocycles. The smallest absolute Gasteiger partial charge is 0.221 e. The molecule has 4 N–H and O–H groups in total. The highest BCUT2D eigenvalue weighted by molar-refractivity contribution is 5.78. The zero-order valence-electron chi connectivity index (χ0n) is 16.5. The van der Waals surface area contributed by atoms with Crippen molar-refractivity contribution in [3.8, 4) is 22.6 Å². The second kappa shape index (κ2) is 8.61. The zero-order valence-corrected chi connectivity index (χ0v) is 16.5. The topological polar surface area (TPSA) is 96.3 Å². The van der Waals surface area contributed by atoms with E-state index in [0.717, 1.165) is 33.8 Å². The zero-order chi connectivity index (χ0) is 20.1. The summed E-state index contributed by atoms with van der Waals surface area (Å²) in [4.78, 5) is 8.09. The number of hydrogen-bond acceptors (Lipinski definition) is 6. The Kier molecular flexibility index (Phi) is 5.99. The van der Waals surface area contributed by atoms with Crippen molar-refractivity contribution in [3.05, 3.63) is 59.3 Å². The molecular formula is C22H26N4O2. The minimum Gasteiger partial charge on any atom is -0.493 e. The minimum atomic E-state index is 0.168. The number of nitrogens with zero attached hydrogens (tertiary/aromatic N) is 2. The van der Waals surface area contributed by atoms with Gasteiger partial charge in [0.2, 0.25) is 5.95 Å². The fraction of sp³-hybridized carbons (Fsp3) is 0.273. The Morgan fingerprint density at radius 2 is 1.54 bits per heavy atom. The maximum absolute atomic E-state index is 6.00. The van der Waals surface area contributed by atoms with E-state index in [2.05, 4.69) is 41.2 Å². The van der Waals surface area contributed by atoms with Crippen LogP contribution in [0.3, 0.4) is 0 Å². The molecule has 1 heterocycles. The molecule has 6 heteroatoms. The maximum Gasteiger partial charge on any atom is 0.221 e. The molecule has 1 aromatic heterocycles. The quantitative estimate of drug-likeness (QED) is 0.645. The Morgan fingerprint density at radius 3 is 2.07 bits per heavy atom. The summed E-state index contributed by atoms with van der Waals surface area (Å²) < 4.78 is 11.9. The number of hydrogen-bond donors (Lipinski definition) is 2. The summed E-state index contributed by atoms with van der Waals surface area (Å²) in [5.41, 5.74) is 16.6. The van der Waals surface area contributed by atoms with E-state index in [1.165, 1.54) is 5.56 Å². The lowest BCUT2D eigenvalue weighted by Gasteiger charge is -2.18. The van der Waals surface area contributed by atoms with Crippen LogP contribution in [0.2, 0.25) is 0 Å². The third-order valence-corrected chi connectivity index (χ3v) is 4.38. The lowest BCUT2D eigenvalue weighted by atomic mass is 9.97. The summed E-state index contributed by atoms with van der Waals surface area (Å²) in [7, 11) is 0. The number of anilines is 2. The van der Waals surface area contributed by atoms with E-state index in [1.807, 2.05) is 26.0 Å². The van der Waals surface area contributed by atoms with Crippen LogP contribution in [0.1, 0.15) is 30.5 Å². The van der Waals surface area contributed by atoms with Crippen molar-refractivity contribution in [1.29, 1.82) is 0 Å². The summed E-state index contributed by atoms with van der Waals surface area (Å²) in [6, 6.07) is 12.4. The minimum absolute atomic E-state index is 0.168. The molecule has 0 saturated heterocycles. The van der Waals surface area contributed by atoms with Crippen molar-refractivity contribution in [1.82, 2.24) is 9.97 Å². The van der Waals surface area contributed by atoms with Crippen LogP contribution in [-0.4, -0.2) is 23.2 Å². The van der Waals surface area contributed by atoms with Gasteiger partial charge in [-0.05, 0) is 44.0 Å². The van der Waals surface area contributed by atoms with E-state index in [0.29, 0.717) is 25.5 Å². The second-order valence-electron chi connectivity index (χ2n) is 6.51. The number of ether oxygens (including phenoxy) is 2. The first-order chi connectivity index (χ1) is 13.5. The van der Waals surface area contributed by atoms with Crippen LogP contribution in [0.25, 0.3) is 11.1 Å². The molecule has 2 aromatic carbocycles. The van der Waals surface area contributed by atoms with Gasteiger partial charge < -0.3 is 20.9 Å². The van der Waals surface area contributed by atoms with Crippen LogP contribution in [-0.2, 0) is 6.42 Å². The van der Waals surface area contributed by atoms with Gasteiger partial charge >= 0.3 is 0 Å². The Labute approximate surface area is 165 Å². The second-order valence-corrected chi connectivity index (χ2v) is 6.51. The largest absolute Gasteiger partial charge is 0.493 e. The van der Waals surface area contributed by atoms with Gasteiger partial charge in [0.15, 0.2) is 0 Å². The molecule has 6 nitrogen and oxygen atoms in total. The number of nitrogen functional groups attached to an aromatic ring is 2. The van der Waals surface area contributed by atoms with E-state index in [1.54, 1.807) is 6.20 Å². The summed E-state index contributed by atoms with van der Waals surface area (Å²) in [6.45, 7) is 7.12. The summed E-state index contributed by atoms with van der Waals surface area (Å²) in [5.74, 6) is 2.11. The van der Waals surface area contributed by atoms with E-state index in [4.69, 9.17) is 20.9 Å².